The van der Waals surface area contributed by atoms with Gasteiger partial charge in [0, 0.05) is 0 Å². The van der Waals surface area contributed by atoms with Crippen LogP contribution in [0, 0.1) is 0 Å². The summed E-state index contributed by atoms with van der Waals surface area (Å²) in [7, 11) is 0. The highest BCUT2D eigenvalue weighted by molar-refractivity contribution is 5.85. The van der Waals surface area contributed by atoms with Crippen molar-refractivity contribution in [1.29, 1.82) is 0 Å². The molecular weight excluding hydrogens is 214 g/mol. The predicted molar refractivity (Wildman–Crippen MR) is 50.2 cm³/mol. The molecular formula is C7H16ClNO5. The molecule has 0 spiro atoms. The lowest BCUT2D eigenvalue weighted by atomic mass is 9.91. The summed E-state index contributed by atoms with van der Waals surface area (Å²) in [5.41, 5.74) is 0. The Morgan fingerprint density at radius 2 is 1.14 bits per heavy atom. The molecule has 1 unspecified atom stereocenters. The summed E-state index contributed by atoms with van der Waals surface area (Å²) < 4.78 is 0. The lowest BCUT2D eigenvalue weighted by molar-refractivity contribution is -0.125. The quantitative estimate of drug-likeness (QED) is 0.298. The number of nitrogens with one attached hydrogen (secondary N) is 1. The first-order valence-electron chi connectivity index (χ1n) is 4.13. The maximum atomic E-state index is 9.31. The summed E-state index contributed by atoms with van der Waals surface area (Å²) >= 11 is 0. The average Bonchev–Trinajstić information content (AvgIpc) is 2.15. The van der Waals surface area contributed by atoms with Crippen molar-refractivity contribution >= 4 is 12.4 Å². The van der Waals surface area contributed by atoms with Crippen LogP contribution in [0.5, 0.6) is 0 Å². The Labute approximate surface area is 87.6 Å². The van der Waals surface area contributed by atoms with Crippen molar-refractivity contribution in [3.63, 3.8) is 0 Å². The van der Waals surface area contributed by atoms with Crippen molar-refractivity contribution in [3.05, 3.63) is 0 Å². The number of aliphatic hydroxyl groups is 5. The minimum Gasteiger partial charge on any atom is -0.395 e. The maximum Gasteiger partial charge on any atom is 0.109 e. The Bertz CT molecular complexity index is 152. The first kappa shape index (κ1) is 14.1. The van der Waals surface area contributed by atoms with Gasteiger partial charge in [-0.25, -0.2) is 0 Å². The molecule has 5 atom stereocenters. The normalized spacial score (nSPS) is 43.1. The SMILES string of the molecule is Cl.OC[C@@H]1N[C@H](CO)[C@H](O)C(O)[C@@H]1O. The van der Waals surface area contributed by atoms with E-state index in [1.54, 1.807) is 0 Å². The summed E-state index contributed by atoms with van der Waals surface area (Å²) in [6, 6.07) is -1.42. The summed E-state index contributed by atoms with van der Waals surface area (Å²) in [6.45, 7) is -0.719. The average molecular weight is 230 g/mol. The van der Waals surface area contributed by atoms with Crippen molar-refractivity contribution in [3.8, 4) is 0 Å². The van der Waals surface area contributed by atoms with Crippen LogP contribution in [0.15, 0.2) is 0 Å². The fraction of sp³-hybridized carbons (Fsp3) is 1.00. The fourth-order valence-corrected chi connectivity index (χ4v) is 1.47. The van der Waals surface area contributed by atoms with Gasteiger partial charge in [0.1, 0.15) is 6.10 Å². The van der Waals surface area contributed by atoms with Gasteiger partial charge in [-0.3, -0.25) is 0 Å². The molecule has 0 aromatic heterocycles. The third kappa shape index (κ3) is 2.54. The molecule has 0 saturated carbocycles. The molecule has 0 aromatic rings. The van der Waals surface area contributed by atoms with Gasteiger partial charge >= 0.3 is 0 Å². The molecule has 0 bridgehead atoms. The monoisotopic (exact) mass is 229 g/mol. The summed E-state index contributed by atoms with van der Waals surface area (Å²) in [5, 5.41) is 48.1. The van der Waals surface area contributed by atoms with E-state index in [4.69, 9.17) is 10.2 Å². The van der Waals surface area contributed by atoms with Crippen LogP contribution in [0.25, 0.3) is 0 Å². The van der Waals surface area contributed by atoms with Crippen molar-refractivity contribution < 1.29 is 25.5 Å². The van der Waals surface area contributed by atoms with E-state index in [0.29, 0.717) is 0 Å². The van der Waals surface area contributed by atoms with Gasteiger partial charge in [-0.2, -0.15) is 0 Å². The van der Waals surface area contributed by atoms with Crippen molar-refractivity contribution in [2.24, 2.45) is 0 Å². The standard InChI is InChI=1S/C7H15NO5.ClH/c9-1-3-5(11)7(13)6(12)4(2-10)8-3;/h3-13H,1-2H2;1H/t3-,4+,5+,6-,7?;. The topological polar surface area (TPSA) is 113 Å². The highest BCUT2D eigenvalue weighted by atomic mass is 35.5. The smallest absolute Gasteiger partial charge is 0.109 e. The Balaban J connectivity index is 0.00000169. The molecule has 0 aliphatic carbocycles. The zero-order valence-corrected chi connectivity index (χ0v) is 8.26. The summed E-state index contributed by atoms with van der Waals surface area (Å²) in [4.78, 5) is 0. The van der Waals surface area contributed by atoms with E-state index >= 15 is 0 Å². The van der Waals surface area contributed by atoms with E-state index in [1.807, 2.05) is 0 Å². The maximum absolute atomic E-state index is 9.31. The molecule has 1 aliphatic rings. The highest BCUT2D eigenvalue weighted by Crippen LogP contribution is 2.14. The molecule has 14 heavy (non-hydrogen) atoms. The Kier molecular flexibility index (Phi) is 5.84. The number of hydrogen-bond donors (Lipinski definition) is 6. The molecule has 1 heterocycles. The molecule has 0 radical (unpaired) electrons. The van der Waals surface area contributed by atoms with Gasteiger partial charge in [-0.05, 0) is 0 Å². The van der Waals surface area contributed by atoms with Crippen LogP contribution in [0.3, 0.4) is 0 Å². The summed E-state index contributed by atoms with van der Waals surface area (Å²) in [6.07, 6.45) is -3.78. The van der Waals surface area contributed by atoms with E-state index in [0.717, 1.165) is 0 Å². The molecule has 6 N–H and O–H groups in total. The highest BCUT2D eigenvalue weighted by Gasteiger charge is 2.41. The number of piperidine rings is 1. The minimum absolute atomic E-state index is 0. The minimum atomic E-state index is -1.34. The van der Waals surface area contributed by atoms with Gasteiger partial charge in [0.05, 0.1) is 37.5 Å². The number of aliphatic hydroxyl groups excluding tert-OH is 5. The van der Waals surface area contributed by atoms with Gasteiger partial charge in [-0.1, -0.05) is 0 Å². The van der Waals surface area contributed by atoms with E-state index < -0.39 is 30.4 Å². The molecule has 7 heteroatoms. The summed E-state index contributed by atoms with van der Waals surface area (Å²) in [5.74, 6) is 0. The molecule has 6 nitrogen and oxygen atoms in total. The molecule has 0 amide bonds. The lowest BCUT2D eigenvalue weighted by Crippen LogP contribution is -2.66. The first-order valence-corrected chi connectivity index (χ1v) is 4.13. The number of hydrogen-bond acceptors (Lipinski definition) is 6. The molecule has 1 fully saturated rings. The third-order valence-electron chi connectivity index (χ3n) is 2.35. The van der Waals surface area contributed by atoms with Gasteiger partial charge in [0.15, 0.2) is 0 Å². The van der Waals surface area contributed by atoms with Crippen LogP contribution in [0.2, 0.25) is 0 Å². The molecule has 1 rings (SSSR count). The second-order valence-electron chi connectivity index (χ2n) is 3.22. The fourth-order valence-electron chi connectivity index (χ4n) is 1.47. The second-order valence-corrected chi connectivity index (χ2v) is 3.22. The Hall–Kier alpha value is 0.0500. The molecule has 1 saturated heterocycles. The predicted octanol–water partition coefficient (Wildman–Crippen LogP) is -3.18. The van der Waals surface area contributed by atoms with Crippen LogP contribution in [-0.4, -0.2) is 69.1 Å². The zero-order chi connectivity index (χ0) is 10.0. The largest absolute Gasteiger partial charge is 0.395 e. The van der Waals surface area contributed by atoms with Crippen molar-refractivity contribution in [2.75, 3.05) is 13.2 Å². The second kappa shape index (κ2) is 5.82. The van der Waals surface area contributed by atoms with Crippen LogP contribution in [-0.2, 0) is 0 Å². The molecule has 86 valence electrons. The van der Waals surface area contributed by atoms with E-state index in [1.165, 1.54) is 0 Å². The first-order chi connectivity index (χ1) is 6.11. The van der Waals surface area contributed by atoms with Crippen molar-refractivity contribution in [2.45, 2.75) is 30.4 Å². The van der Waals surface area contributed by atoms with Crippen LogP contribution in [0.4, 0.5) is 0 Å². The van der Waals surface area contributed by atoms with E-state index in [9.17, 15) is 15.3 Å². The Morgan fingerprint density at radius 3 is 1.43 bits per heavy atom. The van der Waals surface area contributed by atoms with Gasteiger partial charge in [0.25, 0.3) is 0 Å². The number of rotatable bonds is 2. The van der Waals surface area contributed by atoms with Crippen LogP contribution < -0.4 is 5.32 Å². The molecule has 1 aliphatic heterocycles. The number of halogens is 1. The van der Waals surface area contributed by atoms with Gasteiger partial charge in [0.2, 0.25) is 0 Å². The van der Waals surface area contributed by atoms with Crippen LogP contribution in [0.1, 0.15) is 0 Å². The zero-order valence-electron chi connectivity index (χ0n) is 7.45. The van der Waals surface area contributed by atoms with Crippen LogP contribution >= 0.6 is 12.4 Å². The van der Waals surface area contributed by atoms with E-state index in [2.05, 4.69) is 5.32 Å². The lowest BCUT2D eigenvalue weighted by Gasteiger charge is -2.40. The Morgan fingerprint density at radius 1 is 0.786 bits per heavy atom. The third-order valence-corrected chi connectivity index (χ3v) is 2.35. The van der Waals surface area contributed by atoms with Gasteiger partial charge < -0.3 is 30.8 Å². The molecule has 0 aromatic carbocycles. The van der Waals surface area contributed by atoms with Crippen molar-refractivity contribution in [1.82, 2.24) is 5.32 Å². The van der Waals surface area contributed by atoms with E-state index in [-0.39, 0.29) is 25.6 Å². The van der Waals surface area contributed by atoms with Gasteiger partial charge in [-0.15, -0.1) is 12.4 Å².